The Labute approximate surface area is 105 Å². The molecule has 5 heteroatoms. The molecule has 18 heavy (non-hydrogen) atoms. The predicted molar refractivity (Wildman–Crippen MR) is 65.7 cm³/mol. The first kappa shape index (κ1) is 12.4. The lowest BCUT2D eigenvalue weighted by molar-refractivity contribution is -0.142. The number of aliphatic carboxylic acids is 1. The summed E-state index contributed by atoms with van der Waals surface area (Å²) in [5, 5.41) is 9.01. The van der Waals surface area contributed by atoms with E-state index in [-0.39, 0.29) is 18.9 Å². The maximum atomic E-state index is 11.8. The summed E-state index contributed by atoms with van der Waals surface area (Å²) < 4.78 is 5.05. The number of piperidine rings is 1. The van der Waals surface area contributed by atoms with Crippen molar-refractivity contribution < 1.29 is 19.4 Å². The second-order valence-corrected chi connectivity index (χ2v) is 4.28. The molecule has 0 saturated carbocycles. The monoisotopic (exact) mass is 249 g/mol. The highest BCUT2D eigenvalue weighted by Crippen LogP contribution is 2.26. The highest BCUT2D eigenvalue weighted by Gasteiger charge is 2.30. The molecular weight excluding hydrogens is 234 g/mol. The van der Waals surface area contributed by atoms with Crippen molar-refractivity contribution in [3.63, 3.8) is 0 Å². The molecule has 1 saturated heterocycles. The van der Waals surface area contributed by atoms with E-state index >= 15 is 0 Å². The fourth-order valence-electron chi connectivity index (χ4n) is 2.06. The van der Waals surface area contributed by atoms with Crippen molar-refractivity contribution in [2.24, 2.45) is 5.92 Å². The molecule has 1 heterocycles. The lowest BCUT2D eigenvalue weighted by Gasteiger charge is -2.30. The van der Waals surface area contributed by atoms with E-state index in [0.29, 0.717) is 17.9 Å². The lowest BCUT2D eigenvalue weighted by Crippen LogP contribution is -2.42. The molecule has 1 atom stereocenters. The van der Waals surface area contributed by atoms with Crippen molar-refractivity contribution in [3.05, 3.63) is 24.3 Å². The Bertz CT molecular complexity index is 455. The van der Waals surface area contributed by atoms with E-state index in [4.69, 9.17) is 9.84 Å². The lowest BCUT2D eigenvalue weighted by atomic mass is 9.97. The fourth-order valence-corrected chi connectivity index (χ4v) is 2.06. The van der Waals surface area contributed by atoms with Gasteiger partial charge in [0.05, 0.1) is 13.0 Å². The Morgan fingerprint density at radius 2 is 2.06 bits per heavy atom. The van der Waals surface area contributed by atoms with Crippen LogP contribution in [-0.2, 0) is 9.59 Å². The summed E-state index contributed by atoms with van der Waals surface area (Å²) in [5.41, 5.74) is 0.715. The number of carbonyl (C=O) groups excluding carboxylic acids is 1. The second kappa shape index (κ2) is 5.08. The minimum absolute atomic E-state index is 0.0299. The van der Waals surface area contributed by atoms with Crippen LogP contribution in [0.25, 0.3) is 0 Å². The van der Waals surface area contributed by atoms with E-state index in [0.717, 1.165) is 0 Å². The van der Waals surface area contributed by atoms with Gasteiger partial charge in [0, 0.05) is 18.7 Å². The number of carboxylic acid groups (broad SMARTS) is 1. The van der Waals surface area contributed by atoms with E-state index < -0.39 is 11.9 Å². The van der Waals surface area contributed by atoms with Crippen LogP contribution in [0.5, 0.6) is 5.75 Å². The van der Waals surface area contributed by atoms with Gasteiger partial charge in [-0.1, -0.05) is 0 Å². The largest absolute Gasteiger partial charge is 0.497 e. The van der Waals surface area contributed by atoms with Gasteiger partial charge in [-0.15, -0.1) is 0 Å². The number of carboxylic acids is 1. The van der Waals surface area contributed by atoms with Gasteiger partial charge < -0.3 is 14.7 Å². The van der Waals surface area contributed by atoms with E-state index in [1.165, 1.54) is 4.90 Å². The average Bonchev–Trinajstić information content (AvgIpc) is 2.39. The Kier molecular flexibility index (Phi) is 3.50. The normalized spacial score (nSPS) is 19.7. The maximum Gasteiger partial charge on any atom is 0.308 e. The third-order valence-corrected chi connectivity index (χ3v) is 3.14. The number of nitrogens with zero attached hydrogens (tertiary/aromatic N) is 1. The Morgan fingerprint density at radius 3 is 2.61 bits per heavy atom. The van der Waals surface area contributed by atoms with Crippen LogP contribution >= 0.6 is 0 Å². The number of benzene rings is 1. The molecule has 1 aliphatic rings. The van der Waals surface area contributed by atoms with E-state index in [9.17, 15) is 9.59 Å². The molecule has 0 spiro atoms. The smallest absolute Gasteiger partial charge is 0.308 e. The zero-order valence-electron chi connectivity index (χ0n) is 10.1. The summed E-state index contributed by atoms with van der Waals surface area (Å²) in [6.45, 7) is 0.237. The van der Waals surface area contributed by atoms with Crippen molar-refractivity contribution in [1.29, 1.82) is 0 Å². The molecule has 0 aromatic heterocycles. The number of hydrogen-bond acceptors (Lipinski definition) is 3. The number of amides is 1. The van der Waals surface area contributed by atoms with Crippen LogP contribution in [0.15, 0.2) is 24.3 Å². The third-order valence-electron chi connectivity index (χ3n) is 3.14. The Hall–Kier alpha value is -2.04. The molecule has 1 unspecified atom stereocenters. The third kappa shape index (κ3) is 2.45. The molecule has 1 amide bonds. The SMILES string of the molecule is COc1ccc(N2CC(C(=O)O)CCC2=O)cc1. The van der Waals surface area contributed by atoms with Crippen molar-refractivity contribution in [2.75, 3.05) is 18.6 Å². The summed E-state index contributed by atoms with van der Waals surface area (Å²) in [4.78, 5) is 24.3. The highest BCUT2D eigenvalue weighted by molar-refractivity contribution is 5.95. The summed E-state index contributed by atoms with van der Waals surface area (Å²) in [6.07, 6.45) is 0.698. The van der Waals surface area contributed by atoms with Crippen LogP contribution < -0.4 is 9.64 Å². The minimum Gasteiger partial charge on any atom is -0.497 e. The number of methoxy groups -OCH3 is 1. The van der Waals surface area contributed by atoms with E-state index in [1.54, 1.807) is 31.4 Å². The van der Waals surface area contributed by atoms with Gasteiger partial charge in [-0.3, -0.25) is 9.59 Å². The van der Waals surface area contributed by atoms with E-state index in [2.05, 4.69) is 0 Å². The molecule has 0 radical (unpaired) electrons. The molecule has 1 N–H and O–H groups in total. The van der Waals surface area contributed by atoms with Gasteiger partial charge in [-0.2, -0.15) is 0 Å². The second-order valence-electron chi connectivity index (χ2n) is 4.28. The van der Waals surface area contributed by atoms with Crippen molar-refractivity contribution in [2.45, 2.75) is 12.8 Å². The number of ether oxygens (including phenoxy) is 1. The number of hydrogen-bond donors (Lipinski definition) is 1. The molecule has 1 aromatic rings. The van der Waals surface area contributed by atoms with E-state index in [1.807, 2.05) is 0 Å². The zero-order valence-corrected chi connectivity index (χ0v) is 10.1. The molecule has 0 bridgehead atoms. The zero-order chi connectivity index (χ0) is 13.1. The van der Waals surface area contributed by atoms with Gasteiger partial charge in [0.25, 0.3) is 0 Å². The van der Waals surface area contributed by atoms with Crippen molar-refractivity contribution >= 4 is 17.6 Å². The molecule has 2 rings (SSSR count). The fraction of sp³-hybridized carbons (Fsp3) is 0.385. The molecule has 5 nitrogen and oxygen atoms in total. The maximum absolute atomic E-state index is 11.8. The van der Waals surface area contributed by atoms with Crippen LogP contribution in [0.3, 0.4) is 0 Å². The molecular formula is C13H15NO4. The summed E-state index contributed by atoms with van der Waals surface area (Å²) in [5.74, 6) is -0.651. The number of anilines is 1. The molecule has 1 aliphatic heterocycles. The first-order chi connectivity index (χ1) is 8.61. The molecule has 96 valence electrons. The number of carbonyl (C=O) groups is 2. The minimum atomic E-state index is -0.846. The van der Waals surface area contributed by atoms with Gasteiger partial charge in [-0.25, -0.2) is 0 Å². The van der Waals surface area contributed by atoms with Crippen LogP contribution in [0.4, 0.5) is 5.69 Å². The first-order valence-electron chi connectivity index (χ1n) is 5.79. The van der Waals surface area contributed by atoms with Crippen molar-refractivity contribution in [3.8, 4) is 5.75 Å². The standard InChI is InChI=1S/C13H15NO4/c1-18-11-5-3-10(4-6-11)14-8-9(13(16)17)2-7-12(14)15/h3-6,9H,2,7-8H2,1H3,(H,16,17). The summed E-state index contributed by atoms with van der Waals surface area (Å²) in [6, 6.07) is 7.04. The van der Waals surface area contributed by atoms with Crippen LogP contribution in [0.1, 0.15) is 12.8 Å². The van der Waals surface area contributed by atoms with Crippen LogP contribution in [0.2, 0.25) is 0 Å². The molecule has 0 aliphatic carbocycles. The van der Waals surface area contributed by atoms with Crippen LogP contribution in [0, 0.1) is 5.92 Å². The highest BCUT2D eigenvalue weighted by atomic mass is 16.5. The van der Waals surface area contributed by atoms with Gasteiger partial charge in [0.2, 0.25) is 5.91 Å². The van der Waals surface area contributed by atoms with Crippen LogP contribution in [-0.4, -0.2) is 30.6 Å². The first-order valence-corrected chi connectivity index (χ1v) is 5.79. The van der Waals surface area contributed by atoms with Gasteiger partial charge in [0.15, 0.2) is 0 Å². The van der Waals surface area contributed by atoms with Gasteiger partial charge in [-0.05, 0) is 30.7 Å². The Morgan fingerprint density at radius 1 is 1.39 bits per heavy atom. The number of rotatable bonds is 3. The molecule has 1 aromatic carbocycles. The average molecular weight is 249 g/mol. The topological polar surface area (TPSA) is 66.8 Å². The summed E-state index contributed by atoms with van der Waals surface area (Å²) in [7, 11) is 1.57. The molecule has 1 fully saturated rings. The quantitative estimate of drug-likeness (QED) is 0.882. The summed E-state index contributed by atoms with van der Waals surface area (Å²) >= 11 is 0. The Balaban J connectivity index is 2.18. The van der Waals surface area contributed by atoms with Crippen molar-refractivity contribution in [1.82, 2.24) is 0 Å². The van der Waals surface area contributed by atoms with Gasteiger partial charge in [0.1, 0.15) is 5.75 Å². The van der Waals surface area contributed by atoms with Gasteiger partial charge >= 0.3 is 5.97 Å². The predicted octanol–water partition coefficient (Wildman–Crippen LogP) is 1.52.